The highest BCUT2D eigenvalue weighted by Crippen LogP contribution is 2.25. The van der Waals surface area contributed by atoms with Crippen LogP contribution in [0.3, 0.4) is 0 Å². The lowest BCUT2D eigenvalue weighted by molar-refractivity contribution is -0.144. The molecule has 0 aromatic heterocycles. The lowest BCUT2D eigenvalue weighted by atomic mass is 9.98. The third-order valence-corrected chi connectivity index (χ3v) is 7.19. The Kier molecular flexibility index (Phi) is 16.4. The molecule has 250 valence electrons. The molecule has 0 aliphatic rings. The molecule has 3 amide bonds. The van der Waals surface area contributed by atoms with E-state index in [1.807, 2.05) is 30.3 Å². The number of terminal acetylenes is 1. The molecule has 0 heterocycles. The zero-order valence-corrected chi connectivity index (χ0v) is 28.1. The molecule has 9 nitrogen and oxygen atoms in total. The summed E-state index contributed by atoms with van der Waals surface area (Å²) in [6.07, 6.45) is 10.9. The molecular weight excluding hydrogens is 582 g/mol. The van der Waals surface area contributed by atoms with Gasteiger partial charge in [-0.05, 0) is 57.4 Å². The number of carbonyl (C=O) groups excluding carboxylic acids is 4. The average molecular weight is 634 g/mol. The van der Waals surface area contributed by atoms with E-state index in [2.05, 4.69) is 23.5 Å². The number of benzene rings is 2. The first kappa shape index (κ1) is 37.9. The smallest absolute Gasteiger partial charge is 0.408 e. The Bertz CT molecular complexity index is 1280. The molecule has 9 heteroatoms. The fourth-order valence-electron chi connectivity index (χ4n) is 4.98. The van der Waals surface area contributed by atoms with Gasteiger partial charge in [0.1, 0.15) is 17.7 Å². The number of unbranched alkanes of at least 4 members (excludes halogenated alkanes) is 5. The van der Waals surface area contributed by atoms with Gasteiger partial charge in [-0.15, -0.1) is 6.42 Å². The highest BCUT2D eigenvalue weighted by atomic mass is 16.6. The first-order chi connectivity index (χ1) is 22.0. The van der Waals surface area contributed by atoms with Crippen LogP contribution in [0.5, 0.6) is 0 Å². The maximum atomic E-state index is 14.6. The molecule has 46 heavy (non-hydrogen) atoms. The molecule has 0 bridgehead atoms. The van der Waals surface area contributed by atoms with E-state index in [9.17, 15) is 19.2 Å². The Labute approximate surface area is 274 Å². The zero-order valence-electron chi connectivity index (χ0n) is 28.1. The Hall–Kier alpha value is -4.32. The minimum atomic E-state index is -1.05. The van der Waals surface area contributed by atoms with Crippen molar-refractivity contribution < 1.29 is 28.7 Å². The molecule has 0 saturated carbocycles. The molecule has 0 aliphatic heterocycles. The number of hydrogen-bond donors (Lipinski definition) is 2. The molecule has 0 saturated heterocycles. The van der Waals surface area contributed by atoms with Crippen molar-refractivity contribution in [2.45, 2.75) is 104 Å². The fourth-order valence-corrected chi connectivity index (χ4v) is 4.98. The maximum Gasteiger partial charge on any atom is 0.408 e. The molecule has 0 aliphatic carbocycles. The van der Waals surface area contributed by atoms with Crippen LogP contribution in [-0.2, 0) is 30.3 Å². The van der Waals surface area contributed by atoms with Crippen LogP contribution in [-0.4, -0.2) is 60.1 Å². The van der Waals surface area contributed by atoms with Crippen LogP contribution in [0.25, 0.3) is 0 Å². The van der Waals surface area contributed by atoms with E-state index in [4.69, 9.17) is 15.9 Å². The SMILES string of the molecule is C#Cc1ccc(C(C(=O)NCCC(=O)OCC)N(CCCCCCCC)C(=O)C(Cc2ccccc2)NC(=O)OC(C)(C)C)cc1. The summed E-state index contributed by atoms with van der Waals surface area (Å²) in [6, 6.07) is 14.2. The van der Waals surface area contributed by atoms with E-state index in [1.54, 1.807) is 52.0 Å². The number of amides is 3. The normalized spacial score (nSPS) is 12.3. The number of nitrogens with zero attached hydrogens (tertiary/aromatic N) is 1. The number of esters is 1. The second-order valence-electron chi connectivity index (χ2n) is 12.2. The zero-order chi connectivity index (χ0) is 34.0. The van der Waals surface area contributed by atoms with E-state index < -0.39 is 41.6 Å². The van der Waals surface area contributed by atoms with Crippen LogP contribution in [0.2, 0.25) is 0 Å². The molecule has 2 aromatic carbocycles. The average Bonchev–Trinajstić information content (AvgIpc) is 3.01. The van der Waals surface area contributed by atoms with Crippen molar-refractivity contribution in [2.24, 2.45) is 0 Å². The van der Waals surface area contributed by atoms with Crippen LogP contribution in [0.4, 0.5) is 4.79 Å². The molecule has 0 fully saturated rings. The van der Waals surface area contributed by atoms with Gasteiger partial charge in [-0.3, -0.25) is 14.4 Å². The Morgan fingerprint density at radius 3 is 2.17 bits per heavy atom. The molecule has 0 spiro atoms. The van der Waals surface area contributed by atoms with E-state index in [0.717, 1.165) is 37.7 Å². The highest BCUT2D eigenvalue weighted by molar-refractivity contribution is 5.92. The number of hydrogen-bond acceptors (Lipinski definition) is 6. The standard InChI is InChI=1S/C37H51N3O6/c1-7-10-11-12-13-17-26-40(35(43)31(27-29-18-15-14-16-19-29)39-36(44)46-37(4,5)6)33(30-22-20-28(8-2)21-23-30)34(42)38-25-24-32(41)45-9-3/h2,14-16,18-23,31,33H,7,9-13,17,24-27H2,1,3-6H3,(H,38,42)(H,39,44). The summed E-state index contributed by atoms with van der Waals surface area (Å²) in [6.45, 7) is 9.69. The lowest BCUT2D eigenvalue weighted by Gasteiger charge is -2.34. The van der Waals surface area contributed by atoms with Crippen LogP contribution in [0, 0.1) is 12.3 Å². The topological polar surface area (TPSA) is 114 Å². The van der Waals surface area contributed by atoms with E-state index in [-0.39, 0.29) is 32.5 Å². The van der Waals surface area contributed by atoms with Gasteiger partial charge in [0.2, 0.25) is 11.8 Å². The first-order valence-corrected chi connectivity index (χ1v) is 16.3. The first-order valence-electron chi connectivity index (χ1n) is 16.3. The maximum absolute atomic E-state index is 14.6. The molecule has 2 unspecified atom stereocenters. The van der Waals surface area contributed by atoms with Crippen molar-refractivity contribution in [3.63, 3.8) is 0 Å². The van der Waals surface area contributed by atoms with Gasteiger partial charge in [0.15, 0.2) is 0 Å². The van der Waals surface area contributed by atoms with Gasteiger partial charge in [0, 0.05) is 25.1 Å². The highest BCUT2D eigenvalue weighted by Gasteiger charge is 2.36. The molecule has 2 rings (SSSR count). The van der Waals surface area contributed by atoms with Gasteiger partial charge in [-0.25, -0.2) is 4.79 Å². The second kappa shape index (κ2) is 19.9. The van der Waals surface area contributed by atoms with Crippen molar-refractivity contribution in [3.05, 3.63) is 71.3 Å². The Morgan fingerprint density at radius 1 is 0.913 bits per heavy atom. The fraction of sp³-hybridized carbons (Fsp3) is 0.514. The summed E-state index contributed by atoms with van der Waals surface area (Å²) >= 11 is 0. The van der Waals surface area contributed by atoms with Crippen molar-refractivity contribution in [2.75, 3.05) is 19.7 Å². The van der Waals surface area contributed by atoms with Crippen LogP contribution in [0.15, 0.2) is 54.6 Å². The number of ether oxygens (including phenoxy) is 2. The van der Waals surface area contributed by atoms with Crippen LogP contribution < -0.4 is 10.6 Å². The molecule has 2 N–H and O–H groups in total. The monoisotopic (exact) mass is 633 g/mol. The minimum absolute atomic E-state index is 0.00939. The molecule has 2 atom stereocenters. The predicted octanol–water partition coefficient (Wildman–Crippen LogP) is 6.10. The van der Waals surface area contributed by atoms with Crippen LogP contribution in [0.1, 0.15) is 102 Å². The Balaban J connectivity index is 2.51. The van der Waals surface area contributed by atoms with Gasteiger partial charge in [0.05, 0.1) is 13.0 Å². The quantitative estimate of drug-likeness (QED) is 0.116. The number of alkyl carbamates (subject to hydrolysis) is 1. The third kappa shape index (κ3) is 13.8. The summed E-state index contributed by atoms with van der Waals surface area (Å²) in [4.78, 5) is 55.1. The lowest BCUT2D eigenvalue weighted by Crippen LogP contribution is -2.54. The summed E-state index contributed by atoms with van der Waals surface area (Å²) in [5, 5.41) is 5.61. The van der Waals surface area contributed by atoms with Crippen molar-refractivity contribution in [1.29, 1.82) is 0 Å². The predicted molar refractivity (Wildman–Crippen MR) is 180 cm³/mol. The third-order valence-electron chi connectivity index (χ3n) is 7.19. The van der Waals surface area contributed by atoms with Gasteiger partial charge < -0.3 is 25.0 Å². The van der Waals surface area contributed by atoms with E-state index in [0.29, 0.717) is 17.5 Å². The number of rotatable bonds is 18. The summed E-state index contributed by atoms with van der Waals surface area (Å²) in [7, 11) is 0. The largest absolute Gasteiger partial charge is 0.466 e. The number of carbonyl (C=O) groups is 4. The second-order valence-corrected chi connectivity index (χ2v) is 12.2. The minimum Gasteiger partial charge on any atom is -0.466 e. The Morgan fingerprint density at radius 2 is 1.57 bits per heavy atom. The van der Waals surface area contributed by atoms with Gasteiger partial charge in [0.25, 0.3) is 0 Å². The number of nitrogens with one attached hydrogen (secondary N) is 2. The summed E-state index contributed by atoms with van der Waals surface area (Å²) in [5.41, 5.74) is 1.25. The molecule has 2 aromatic rings. The summed E-state index contributed by atoms with van der Waals surface area (Å²) < 4.78 is 10.5. The van der Waals surface area contributed by atoms with Crippen molar-refractivity contribution >= 4 is 23.9 Å². The van der Waals surface area contributed by atoms with Gasteiger partial charge >= 0.3 is 12.1 Å². The van der Waals surface area contributed by atoms with Crippen molar-refractivity contribution in [3.8, 4) is 12.3 Å². The van der Waals surface area contributed by atoms with Gasteiger partial charge in [-0.2, -0.15) is 0 Å². The van der Waals surface area contributed by atoms with Crippen molar-refractivity contribution in [1.82, 2.24) is 15.5 Å². The van der Waals surface area contributed by atoms with Crippen LogP contribution >= 0.6 is 0 Å². The van der Waals surface area contributed by atoms with E-state index in [1.165, 1.54) is 4.90 Å². The van der Waals surface area contributed by atoms with E-state index >= 15 is 0 Å². The molecule has 0 radical (unpaired) electrons. The summed E-state index contributed by atoms with van der Waals surface area (Å²) in [5.74, 6) is 1.28. The molecular formula is C37H51N3O6. The van der Waals surface area contributed by atoms with Gasteiger partial charge in [-0.1, -0.05) is 87.4 Å².